The molecule has 142 valence electrons. The van der Waals surface area contributed by atoms with E-state index in [0.29, 0.717) is 13.2 Å². The zero-order chi connectivity index (χ0) is 19.1. The van der Waals surface area contributed by atoms with E-state index in [9.17, 15) is 0 Å². The average Bonchev–Trinajstić information content (AvgIpc) is 2.69. The summed E-state index contributed by atoms with van der Waals surface area (Å²) < 4.78 is 11.9. The Kier molecular flexibility index (Phi) is 6.39. The lowest BCUT2D eigenvalue weighted by Gasteiger charge is -2.42. The molecule has 1 fully saturated rings. The second-order valence-electron chi connectivity index (χ2n) is 6.66. The predicted octanol–water partition coefficient (Wildman–Crippen LogP) is 4.04. The van der Waals surface area contributed by atoms with Gasteiger partial charge in [-0.25, -0.2) is 0 Å². The monoisotopic (exact) mass is 364 g/mol. The summed E-state index contributed by atoms with van der Waals surface area (Å²) in [4.78, 5) is 2.35. The van der Waals surface area contributed by atoms with Crippen LogP contribution in [0.1, 0.15) is 37.8 Å². The number of rotatable bonds is 5. The van der Waals surface area contributed by atoms with Gasteiger partial charge < -0.3 is 20.1 Å². The zero-order valence-corrected chi connectivity index (χ0v) is 16.2. The molecule has 0 aromatic heterocycles. The Labute approximate surface area is 162 Å². The van der Waals surface area contributed by atoms with Gasteiger partial charge >= 0.3 is 0 Å². The van der Waals surface area contributed by atoms with Crippen LogP contribution in [-0.4, -0.2) is 32.1 Å². The van der Waals surface area contributed by atoms with E-state index in [4.69, 9.17) is 15.2 Å². The number of nitrogen functional groups attached to an aromatic ring is 1. The average molecular weight is 364 g/mol. The SMILES string of the molecule is CCOC1(OCC)CCN(c2ccc(N)cc2C#Cc2ccccc2)CC1. The van der Waals surface area contributed by atoms with Crippen LogP contribution in [0.25, 0.3) is 0 Å². The van der Waals surface area contributed by atoms with E-state index in [1.807, 2.05) is 56.3 Å². The van der Waals surface area contributed by atoms with Gasteiger partial charge in [0.15, 0.2) is 5.79 Å². The Hall–Kier alpha value is -2.48. The Bertz CT molecular complexity index is 792. The summed E-state index contributed by atoms with van der Waals surface area (Å²) in [5.74, 6) is 6.09. The molecule has 2 N–H and O–H groups in total. The fraction of sp³-hybridized carbons (Fsp3) is 0.391. The van der Waals surface area contributed by atoms with Crippen molar-refractivity contribution in [2.24, 2.45) is 0 Å². The van der Waals surface area contributed by atoms with Crippen LogP contribution in [0, 0.1) is 11.8 Å². The van der Waals surface area contributed by atoms with Crippen LogP contribution in [-0.2, 0) is 9.47 Å². The van der Waals surface area contributed by atoms with Crippen LogP contribution in [0.5, 0.6) is 0 Å². The van der Waals surface area contributed by atoms with Gasteiger partial charge in [-0.05, 0) is 44.2 Å². The van der Waals surface area contributed by atoms with Gasteiger partial charge in [0.25, 0.3) is 0 Å². The molecule has 0 radical (unpaired) electrons. The number of anilines is 2. The Morgan fingerprint density at radius 2 is 1.63 bits per heavy atom. The third kappa shape index (κ3) is 4.82. The molecule has 27 heavy (non-hydrogen) atoms. The first kappa shape index (κ1) is 19.3. The van der Waals surface area contributed by atoms with Crippen molar-refractivity contribution in [2.75, 3.05) is 36.9 Å². The van der Waals surface area contributed by atoms with E-state index in [0.717, 1.165) is 48.4 Å². The highest BCUT2D eigenvalue weighted by atomic mass is 16.7. The molecule has 4 nitrogen and oxygen atoms in total. The largest absolute Gasteiger partial charge is 0.399 e. The van der Waals surface area contributed by atoms with Crippen LogP contribution in [0.3, 0.4) is 0 Å². The van der Waals surface area contributed by atoms with Crippen LogP contribution in [0.2, 0.25) is 0 Å². The summed E-state index contributed by atoms with van der Waals surface area (Å²) in [6.45, 7) is 7.09. The molecule has 0 aliphatic carbocycles. The summed E-state index contributed by atoms with van der Waals surface area (Å²) >= 11 is 0. The molecule has 1 aliphatic heterocycles. The van der Waals surface area contributed by atoms with Crippen molar-refractivity contribution in [3.63, 3.8) is 0 Å². The molecular formula is C23H28N2O2. The Morgan fingerprint density at radius 3 is 2.26 bits per heavy atom. The van der Waals surface area contributed by atoms with Crippen molar-refractivity contribution in [1.82, 2.24) is 0 Å². The van der Waals surface area contributed by atoms with E-state index < -0.39 is 5.79 Å². The van der Waals surface area contributed by atoms with Crippen LogP contribution in [0.4, 0.5) is 11.4 Å². The minimum absolute atomic E-state index is 0.455. The van der Waals surface area contributed by atoms with Gasteiger partial charge in [-0.1, -0.05) is 30.0 Å². The first-order chi connectivity index (χ1) is 13.2. The minimum atomic E-state index is -0.455. The summed E-state index contributed by atoms with van der Waals surface area (Å²) in [7, 11) is 0. The maximum absolute atomic E-state index is 6.02. The number of hydrogen-bond acceptors (Lipinski definition) is 4. The molecule has 2 aromatic carbocycles. The topological polar surface area (TPSA) is 47.7 Å². The fourth-order valence-corrected chi connectivity index (χ4v) is 3.54. The van der Waals surface area contributed by atoms with Gasteiger partial charge in [0.05, 0.1) is 11.3 Å². The van der Waals surface area contributed by atoms with Crippen LogP contribution in [0.15, 0.2) is 48.5 Å². The van der Waals surface area contributed by atoms with E-state index in [-0.39, 0.29) is 0 Å². The van der Waals surface area contributed by atoms with Crippen LogP contribution < -0.4 is 10.6 Å². The highest BCUT2D eigenvalue weighted by Crippen LogP contribution is 2.32. The standard InChI is InChI=1S/C23H28N2O2/c1-3-26-23(27-4-2)14-16-25(17-15-23)22-13-12-21(24)18-20(22)11-10-19-8-6-5-7-9-19/h5-9,12-13,18H,3-4,14-17,24H2,1-2H3. The summed E-state index contributed by atoms with van der Waals surface area (Å²) in [5.41, 5.74) is 9.82. The van der Waals surface area contributed by atoms with Crippen molar-refractivity contribution in [2.45, 2.75) is 32.5 Å². The van der Waals surface area contributed by atoms with E-state index in [1.165, 1.54) is 0 Å². The second-order valence-corrected chi connectivity index (χ2v) is 6.66. The lowest BCUT2D eigenvalue weighted by Crippen LogP contribution is -2.48. The Balaban J connectivity index is 1.81. The number of nitrogens with two attached hydrogens (primary N) is 1. The molecule has 4 heteroatoms. The molecule has 0 saturated carbocycles. The van der Waals surface area contributed by atoms with Crippen molar-refractivity contribution in [1.29, 1.82) is 0 Å². The number of nitrogens with zero attached hydrogens (tertiary/aromatic N) is 1. The summed E-state index contributed by atoms with van der Waals surface area (Å²) in [6, 6.07) is 16.0. The van der Waals surface area contributed by atoms with Gasteiger partial charge in [0.2, 0.25) is 0 Å². The third-order valence-electron chi connectivity index (χ3n) is 4.82. The van der Waals surface area contributed by atoms with Crippen molar-refractivity contribution in [3.05, 3.63) is 59.7 Å². The third-order valence-corrected chi connectivity index (χ3v) is 4.82. The number of hydrogen-bond donors (Lipinski definition) is 1. The predicted molar refractivity (Wildman–Crippen MR) is 111 cm³/mol. The Morgan fingerprint density at radius 1 is 0.963 bits per heavy atom. The van der Waals surface area contributed by atoms with Crippen LogP contribution >= 0.6 is 0 Å². The lowest BCUT2D eigenvalue weighted by molar-refractivity contribution is -0.242. The first-order valence-electron chi connectivity index (χ1n) is 9.65. The minimum Gasteiger partial charge on any atom is -0.399 e. The van der Waals surface area contributed by atoms with Gasteiger partial charge in [0, 0.05) is 50.4 Å². The molecule has 0 atom stereocenters. The number of piperidine rings is 1. The van der Waals surface area contributed by atoms with E-state index in [1.54, 1.807) is 0 Å². The summed E-state index contributed by atoms with van der Waals surface area (Å²) in [6.07, 6.45) is 1.68. The molecule has 0 unspecified atom stereocenters. The summed E-state index contributed by atoms with van der Waals surface area (Å²) in [5, 5.41) is 0. The van der Waals surface area contributed by atoms with Gasteiger partial charge in [0.1, 0.15) is 0 Å². The second kappa shape index (κ2) is 8.94. The smallest absolute Gasteiger partial charge is 0.171 e. The molecular weight excluding hydrogens is 336 g/mol. The molecule has 1 heterocycles. The molecule has 2 aromatic rings. The van der Waals surface area contributed by atoms with Gasteiger partial charge in [-0.2, -0.15) is 0 Å². The maximum atomic E-state index is 6.02. The van der Waals surface area contributed by atoms with E-state index >= 15 is 0 Å². The molecule has 0 bridgehead atoms. The zero-order valence-electron chi connectivity index (χ0n) is 16.2. The molecule has 1 aliphatic rings. The first-order valence-corrected chi connectivity index (χ1v) is 9.65. The maximum Gasteiger partial charge on any atom is 0.171 e. The number of ether oxygens (including phenoxy) is 2. The lowest BCUT2D eigenvalue weighted by atomic mass is 10.0. The fourth-order valence-electron chi connectivity index (χ4n) is 3.54. The van der Waals surface area contributed by atoms with Crippen molar-refractivity contribution < 1.29 is 9.47 Å². The molecule has 3 rings (SSSR count). The normalized spacial score (nSPS) is 15.9. The van der Waals surface area contributed by atoms with Crippen molar-refractivity contribution in [3.8, 4) is 11.8 Å². The van der Waals surface area contributed by atoms with E-state index in [2.05, 4.69) is 22.8 Å². The van der Waals surface area contributed by atoms with Crippen molar-refractivity contribution >= 4 is 11.4 Å². The highest BCUT2D eigenvalue weighted by Gasteiger charge is 2.36. The van der Waals surface area contributed by atoms with Gasteiger partial charge in [-0.3, -0.25) is 0 Å². The molecule has 0 amide bonds. The quantitative estimate of drug-likeness (QED) is 0.494. The van der Waals surface area contributed by atoms with Gasteiger partial charge in [-0.15, -0.1) is 0 Å². The highest BCUT2D eigenvalue weighted by molar-refractivity contribution is 5.66. The molecule has 0 spiro atoms. The molecule has 1 saturated heterocycles. The number of benzene rings is 2.